The minimum Gasteiger partial charge on any atom is -0.353 e. The maximum atomic E-state index is 12.4. The molecule has 1 aromatic carbocycles. The number of carbonyl (C=O) groups is 1. The van der Waals surface area contributed by atoms with Crippen molar-refractivity contribution < 1.29 is 4.79 Å². The van der Waals surface area contributed by atoms with Crippen LogP contribution in [0.25, 0.3) is 10.9 Å². The molecule has 130 valence electrons. The molecule has 7 heteroatoms. The number of amides is 1. The lowest BCUT2D eigenvalue weighted by Gasteiger charge is -2.24. The number of thiophene rings is 1. The molecule has 0 radical (unpaired) electrons. The van der Waals surface area contributed by atoms with E-state index in [1.54, 1.807) is 29.5 Å². The minimum absolute atomic E-state index is 0.0412. The van der Waals surface area contributed by atoms with Crippen LogP contribution >= 0.6 is 11.3 Å². The van der Waals surface area contributed by atoms with E-state index in [0.717, 1.165) is 0 Å². The smallest absolute Gasteiger partial charge is 0.261 e. The molecule has 1 N–H and O–H groups in total. The van der Waals surface area contributed by atoms with Gasteiger partial charge < -0.3 is 10.2 Å². The molecule has 6 nitrogen and oxygen atoms in total. The summed E-state index contributed by atoms with van der Waals surface area (Å²) in [6, 6.07) is 9.28. The van der Waals surface area contributed by atoms with Gasteiger partial charge in [0.05, 0.1) is 23.3 Å². The van der Waals surface area contributed by atoms with E-state index in [2.05, 4.69) is 26.6 Å². The number of rotatable bonds is 6. The van der Waals surface area contributed by atoms with Crippen molar-refractivity contribution >= 4 is 28.1 Å². The molecule has 1 amide bonds. The van der Waals surface area contributed by atoms with E-state index in [1.807, 2.05) is 25.5 Å². The largest absolute Gasteiger partial charge is 0.353 e. The Morgan fingerprint density at radius 1 is 1.32 bits per heavy atom. The van der Waals surface area contributed by atoms with Crippen LogP contribution in [0.3, 0.4) is 0 Å². The number of nitrogens with zero attached hydrogens (tertiary/aromatic N) is 3. The molecule has 0 saturated carbocycles. The van der Waals surface area contributed by atoms with Crippen LogP contribution in [0, 0.1) is 0 Å². The van der Waals surface area contributed by atoms with Crippen molar-refractivity contribution in [2.75, 3.05) is 20.6 Å². The van der Waals surface area contributed by atoms with Crippen LogP contribution in [0.1, 0.15) is 11.6 Å². The van der Waals surface area contributed by atoms with E-state index in [0.29, 0.717) is 17.4 Å². The van der Waals surface area contributed by atoms with Crippen LogP contribution in [0.2, 0.25) is 0 Å². The van der Waals surface area contributed by atoms with E-state index in [1.165, 1.54) is 16.5 Å². The van der Waals surface area contributed by atoms with E-state index in [-0.39, 0.29) is 24.1 Å². The molecule has 25 heavy (non-hydrogen) atoms. The Morgan fingerprint density at radius 2 is 2.12 bits per heavy atom. The number of carbonyl (C=O) groups excluding carboxylic acids is 1. The van der Waals surface area contributed by atoms with E-state index < -0.39 is 0 Å². The number of benzene rings is 1. The number of aromatic nitrogens is 2. The van der Waals surface area contributed by atoms with Crippen molar-refractivity contribution in [2.24, 2.45) is 0 Å². The summed E-state index contributed by atoms with van der Waals surface area (Å²) in [6.45, 7) is 0.443. The van der Waals surface area contributed by atoms with Gasteiger partial charge in [-0.05, 0) is 48.6 Å². The zero-order valence-electron chi connectivity index (χ0n) is 14.2. The zero-order valence-corrected chi connectivity index (χ0v) is 15.0. The first-order valence-corrected chi connectivity index (χ1v) is 8.90. The first kappa shape index (κ1) is 17.3. The molecular weight excluding hydrogens is 336 g/mol. The number of nitrogens with one attached hydrogen (secondary N) is 1. The molecule has 0 saturated heterocycles. The van der Waals surface area contributed by atoms with Crippen LogP contribution in [0.4, 0.5) is 0 Å². The van der Waals surface area contributed by atoms with E-state index in [9.17, 15) is 9.59 Å². The fraction of sp³-hybridized carbons (Fsp3) is 0.278. The molecule has 0 bridgehead atoms. The van der Waals surface area contributed by atoms with Gasteiger partial charge in [0.2, 0.25) is 5.91 Å². The van der Waals surface area contributed by atoms with Crippen molar-refractivity contribution in [3.63, 3.8) is 0 Å². The standard InChI is InChI=1S/C18H20N4O2S/c1-21(2)16(13-7-8-25-11-13)9-19-17(23)10-22-12-20-15-6-4-3-5-14(15)18(22)24/h3-8,11-12,16H,9-10H2,1-2H3,(H,19,23)/t16-/m1/s1. The van der Waals surface area contributed by atoms with Gasteiger partial charge in [-0.1, -0.05) is 12.1 Å². The summed E-state index contributed by atoms with van der Waals surface area (Å²) < 4.78 is 1.34. The molecular formula is C18H20N4O2S. The first-order chi connectivity index (χ1) is 12.1. The quantitative estimate of drug-likeness (QED) is 0.732. The SMILES string of the molecule is CN(C)[C@H](CNC(=O)Cn1cnc2ccccc2c1=O)c1ccsc1. The van der Waals surface area contributed by atoms with Crippen LogP contribution in [-0.2, 0) is 11.3 Å². The van der Waals surface area contributed by atoms with Crippen molar-refractivity contribution in [3.8, 4) is 0 Å². The van der Waals surface area contributed by atoms with Gasteiger partial charge in [0.1, 0.15) is 6.54 Å². The Bertz CT molecular complexity index is 918. The highest BCUT2D eigenvalue weighted by Crippen LogP contribution is 2.19. The predicted octanol–water partition coefficient (Wildman–Crippen LogP) is 1.88. The second kappa shape index (κ2) is 7.58. The Hall–Kier alpha value is -2.51. The average Bonchev–Trinajstić information content (AvgIpc) is 3.12. The van der Waals surface area contributed by atoms with Gasteiger partial charge in [-0.3, -0.25) is 14.2 Å². The van der Waals surface area contributed by atoms with Crippen molar-refractivity contribution in [1.29, 1.82) is 0 Å². The first-order valence-electron chi connectivity index (χ1n) is 7.95. The zero-order chi connectivity index (χ0) is 17.8. The third-order valence-electron chi connectivity index (χ3n) is 4.09. The normalized spacial score (nSPS) is 12.4. The highest BCUT2D eigenvalue weighted by Gasteiger charge is 2.16. The molecule has 3 aromatic rings. The third kappa shape index (κ3) is 3.94. The lowest BCUT2D eigenvalue weighted by molar-refractivity contribution is -0.121. The van der Waals surface area contributed by atoms with Gasteiger partial charge in [-0.25, -0.2) is 4.98 Å². The summed E-state index contributed by atoms with van der Waals surface area (Å²) >= 11 is 1.63. The molecule has 0 aliphatic rings. The Balaban J connectivity index is 1.68. The number of likely N-dealkylation sites (N-methyl/N-ethyl adjacent to an activating group) is 1. The van der Waals surface area contributed by atoms with E-state index >= 15 is 0 Å². The van der Waals surface area contributed by atoms with E-state index in [4.69, 9.17) is 0 Å². The molecule has 0 fully saturated rings. The van der Waals surface area contributed by atoms with Gasteiger partial charge >= 0.3 is 0 Å². The molecule has 0 unspecified atom stereocenters. The Morgan fingerprint density at radius 3 is 2.84 bits per heavy atom. The Labute approximate surface area is 149 Å². The predicted molar refractivity (Wildman–Crippen MR) is 99.8 cm³/mol. The molecule has 0 aliphatic heterocycles. The molecule has 2 heterocycles. The molecule has 1 atom stereocenters. The lowest BCUT2D eigenvalue weighted by Crippen LogP contribution is -2.37. The maximum Gasteiger partial charge on any atom is 0.261 e. The van der Waals surface area contributed by atoms with Crippen LogP contribution in [0.5, 0.6) is 0 Å². The van der Waals surface area contributed by atoms with Crippen molar-refractivity contribution in [2.45, 2.75) is 12.6 Å². The highest BCUT2D eigenvalue weighted by atomic mass is 32.1. The number of hydrogen-bond acceptors (Lipinski definition) is 5. The Kier molecular flexibility index (Phi) is 5.25. The highest BCUT2D eigenvalue weighted by molar-refractivity contribution is 7.07. The van der Waals surface area contributed by atoms with Gasteiger partial charge in [0, 0.05) is 6.54 Å². The summed E-state index contributed by atoms with van der Waals surface area (Å²) in [6.07, 6.45) is 1.42. The maximum absolute atomic E-state index is 12.4. The van der Waals surface area contributed by atoms with Crippen LogP contribution < -0.4 is 10.9 Å². The summed E-state index contributed by atoms with van der Waals surface area (Å²) in [5, 5.41) is 7.53. The second-order valence-electron chi connectivity index (χ2n) is 6.03. The summed E-state index contributed by atoms with van der Waals surface area (Å²) in [7, 11) is 3.96. The van der Waals surface area contributed by atoms with Gasteiger partial charge in [0.15, 0.2) is 0 Å². The number of para-hydroxylation sites is 1. The monoisotopic (exact) mass is 356 g/mol. The fourth-order valence-electron chi connectivity index (χ4n) is 2.70. The molecule has 0 aliphatic carbocycles. The summed E-state index contributed by atoms with van der Waals surface area (Å²) in [5.74, 6) is -0.207. The van der Waals surface area contributed by atoms with Crippen LogP contribution in [0.15, 0.2) is 52.2 Å². The number of fused-ring (bicyclic) bond motifs is 1. The lowest BCUT2D eigenvalue weighted by atomic mass is 10.1. The minimum atomic E-state index is -0.207. The van der Waals surface area contributed by atoms with Crippen LogP contribution in [-0.4, -0.2) is 41.0 Å². The summed E-state index contributed by atoms with van der Waals surface area (Å²) in [5.41, 5.74) is 1.59. The molecule has 3 rings (SSSR count). The topological polar surface area (TPSA) is 67.2 Å². The molecule has 2 aromatic heterocycles. The second-order valence-corrected chi connectivity index (χ2v) is 6.81. The fourth-order valence-corrected chi connectivity index (χ4v) is 3.41. The average molecular weight is 356 g/mol. The molecule has 0 spiro atoms. The third-order valence-corrected chi connectivity index (χ3v) is 4.79. The van der Waals surface area contributed by atoms with Gasteiger partial charge in [0.25, 0.3) is 5.56 Å². The van der Waals surface area contributed by atoms with Crippen molar-refractivity contribution in [1.82, 2.24) is 19.8 Å². The number of hydrogen-bond donors (Lipinski definition) is 1. The van der Waals surface area contributed by atoms with Crippen molar-refractivity contribution in [3.05, 3.63) is 63.3 Å². The van der Waals surface area contributed by atoms with Gasteiger partial charge in [-0.2, -0.15) is 11.3 Å². The summed E-state index contributed by atoms with van der Waals surface area (Å²) in [4.78, 5) is 31.0. The van der Waals surface area contributed by atoms with Gasteiger partial charge in [-0.15, -0.1) is 0 Å².